The van der Waals surface area contributed by atoms with Crippen molar-refractivity contribution < 1.29 is 9.85 Å². The van der Waals surface area contributed by atoms with Gasteiger partial charge in [-0.25, -0.2) is 0 Å². The SMILES string of the molecule is CC1(CCCl)C=C([N+](=O)[O-])C(N)=C([N+](=O)[O-])C1. The fourth-order valence-electron chi connectivity index (χ4n) is 1.77. The third-order valence-corrected chi connectivity index (χ3v) is 2.91. The average Bonchev–Trinajstić information content (AvgIpc) is 2.21. The molecule has 1 aliphatic carbocycles. The van der Waals surface area contributed by atoms with Gasteiger partial charge in [0, 0.05) is 17.4 Å². The van der Waals surface area contributed by atoms with Gasteiger partial charge in [-0.15, -0.1) is 11.6 Å². The zero-order valence-corrected chi connectivity index (χ0v) is 9.94. The van der Waals surface area contributed by atoms with Gasteiger partial charge in [-0.2, -0.15) is 0 Å². The average molecular weight is 262 g/mol. The molecule has 0 bridgehead atoms. The van der Waals surface area contributed by atoms with E-state index in [0.717, 1.165) is 0 Å². The van der Waals surface area contributed by atoms with Crippen LogP contribution in [0.4, 0.5) is 0 Å². The first-order chi connectivity index (χ1) is 7.80. The first-order valence-corrected chi connectivity index (χ1v) is 5.41. The molecule has 94 valence electrons. The van der Waals surface area contributed by atoms with Gasteiger partial charge in [0.05, 0.1) is 16.3 Å². The standard InChI is InChI=1S/C9H12ClN3O4/c1-9(2-3-10)4-6(12(14)15)8(11)7(5-9)13(16)17/h4H,2-3,5,11H2,1H3. The number of halogens is 1. The molecule has 1 atom stereocenters. The summed E-state index contributed by atoms with van der Waals surface area (Å²) < 4.78 is 0. The van der Waals surface area contributed by atoms with Gasteiger partial charge in [0.2, 0.25) is 0 Å². The first kappa shape index (κ1) is 13.4. The molecule has 0 heterocycles. The largest absolute Gasteiger partial charge is 0.388 e. The summed E-state index contributed by atoms with van der Waals surface area (Å²) in [6.45, 7) is 1.69. The van der Waals surface area contributed by atoms with Gasteiger partial charge in [0.1, 0.15) is 0 Å². The van der Waals surface area contributed by atoms with Crippen molar-refractivity contribution in [2.75, 3.05) is 5.88 Å². The van der Waals surface area contributed by atoms with Gasteiger partial charge < -0.3 is 5.73 Å². The summed E-state index contributed by atoms with van der Waals surface area (Å²) in [6.07, 6.45) is 1.82. The second-order valence-corrected chi connectivity index (χ2v) is 4.55. The molecule has 0 saturated heterocycles. The van der Waals surface area contributed by atoms with Gasteiger partial charge in [-0.3, -0.25) is 20.2 Å². The molecular formula is C9H12ClN3O4. The Hall–Kier alpha value is -1.63. The zero-order chi connectivity index (χ0) is 13.2. The lowest BCUT2D eigenvalue weighted by atomic mass is 9.78. The van der Waals surface area contributed by atoms with E-state index in [1.54, 1.807) is 6.92 Å². The van der Waals surface area contributed by atoms with E-state index in [1.807, 2.05) is 0 Å². The van der Waals surface area contributed by atoms with Gasteiger partial charge in [-0.05, 0) is 6.42 Å². The van der Waals surface area contributed by atoms with Crippen molar-refractivity contribution in [1.82, 2.24) is 0 Å². The summed E-state index contributed by atoms with van der Waals surface area (Å²) in [4.78, 5) is 20.2. The molecule has 2 N–H and O–H groups in total. The van der Waals surface area contributed by atoms with Crippen LogP contribution in [-0.4, -0.2) is 15.7 Å². The van der Waals surface area contributed by atoms with E-state index in [0.29, 0.717) is 6.42 Å². The van der Waals surface area contributed by atoms with Crippen molar-refractivity contribution >= 4 is 11.6 Å². The van der Waals surface area contributed by atoms with E-state index in [1.165, 1.54) is 6.08 Å². The van der Waals surface area contributed by atoms with E-state index in [9.17, 15) is 20.2 Å². The van der Waals surface area contributed by atoms with Crippen molar-refractivity contribution in [1.29, 1.82) is 0 Å². The maximum Gasteiger partial charge on any atom is 0.295 e. The highest BCUT2D eigenvalue weighted by molar-refractivity contribution is 6.17. The smallest absolute Gasteiger partial charge is 0.295 e. The lowest BCUT2D eigenvalue weighted by Crippen LogP contribution is -2.28. The van der Waals surface area contributed by atoms with Crippen molar-refractivity contribution in [3.8, 4) is 0 Å². The number of alkyl halides is 1. The molecule has 0 aromatic heterocycles. The van der Waals surface area contributed by atoms with Gasteiger partial charge >= 0.3 is 0 Å². The highest BCUT2D eigenvalue weighted by atomic mass is 35.5. The molecule has 0 aromatic carbocycles. The summed E-state index contributed by atoms with van der Waals surface area (Å²) in [5.74, 6) is 0.267. The van der Waals surface area contributed by atoms with Crippen LogP contribution in [0.2, 0.25) is 0 Å². The molecule has 0 saturated carbocycles. The van der Waals surface area contributed by atoms with Crippen LogP contribution >= 0.6 is 11.6 Å². The minimum absolute atomic E-state index is 0.0515. The quantitative estimate of drug-likeness (QED) is 0.469. The number of nitro groups is 2. The third-order valence-electron chi connectivity index (χ3n) is 2.73. The third kappa shape index (κ3) is 2.73. The van der Waals surface area contributed by atoms with E-state index < -0.39 is 21.0 Å². The summed E-state index contributed by atoms with van der Waals surface area (Å²) in [7, 11) is 0. The molecule has 1 unspecified atom stereocenters. The molecule has 17 heavy (non-hydrogen) atoms. The Bertz CT molecular complexity index is 432. The molecule has 0 spiro atoms. The van der Waals surface area contributed by atoms with Crippen LogP contribution in [0.1, 0.15) is 19.8 Å². The van der Waals surface area contributed by atoms with Crippen molar-refractivity contribution in [3.63, 3.8) is 0 Å². The van der Waals surface area contributed by atoms with Gasteiger partial charge in [0.15, 0.2) is 5.70 Å². The molecule has 8 heteroatoms. The maximum atomic E-state index is 10.8. The van der Waals surface area contributed by atoms with Crippen molar-refractivity contribution in [2.45, 2.75) is 19.8 Å². The fourth-order valence-corrected chi connectivity index (χ4v) is 2.21. The second kappa shape index (κ2) is 4.70. The van der Waals surface area contributed by atoms with Crippen LogP contribution < -0.4 is 5.73 Å². The van der Waals surface area contributed by atoms with Crippen LogP contribution in [0.25, 0.3) is 0 Å². The fraction of sp³-hybridized carbons (Fsp3) is 0.556. The normalized spacial score (nSPS) is 24.5. The molecule has 1 rings (SSSR count). The second-order valence-electron chi connectivity index (χ2n) is 4.17. The van der Waals surface area contributed by atoms with E-state index in [4.69, 9.17) is 17.3 Å². The van der Waals surface area contributed by atoms with E-state index in [2.05, 4.69) is 0 Å². The van der Waals surface area contributed by atoms with Gasteiger partial charge in [-0.1, -0.05) is 6.92 Å². The highest BCUT2D eigenvalue weighted by Crippen LogP contribution is 2.39. The molecule has 0 aromatic rings. The highest BCUT2D eigenvalue weighted by Gasteiger charge is 2.40. The van der Waals surface area contributed by atoms with Crippen LogP contribution in [0.5, 0.6) is 0 Å². The Morgan fingerprint density at radius 3 is 2.47 bits per heavy atom. The van der Waals surface area contributed by atoms with Crippen molar-refractivity contribution in [3.05, 3.63) is 43.4 Å². The predicted octanol–water partition coefficient (Wildman–Crippen LogP) is 1.63. The van der Waals surface area contributed by atoms with Crippen LogP contribution in [0, 0.1) is 25.6 Å². The van der Waals surface area contributed by atoms with Crippen LogP contribution in [0.3, 0.4) is 0 Å². The summed E-state index contributed by atoms with van der Waals surface area (Å²) in [5.41, 5.74) is 3.65. The lowest BCUT2D eigenvalue weighted by Gasteiger charge is -2.26. The first-order valence-electron chi connectivity index (χ1n) is 4.87. The molecule has 0 radical (unpaired) electrons. The number of hydrogen-bond donors (Lipinski definition) is 1. The van der Waals surface area contributed by atoms with E-state index in [-0.39, 0.29) is 23.7 Å². The maximum absolute atomic E-state index is 10.8. The topological polar surface area (TPSA) is 112 Å². The van der Waals surface area contributed by atoms with E-state index >= 15 is 0 Å². The molecule has 7 nitrogen and oxygen atoms in total. The summed E-state index contributed by atoms with van der Waals surface area (Å²) in [6, 6.07) is 0. The summed E-state index contributed by atoms with van der Waals surface area (Å²) >= 11 is 5.60. The number of nitrogens with two attached hydrogens (primary N) is 1. The molecule has 1 aliphatic rings. The summed E-state index contributed by atoms with van der Waals surface area (Å²) in [5, 5.41) is 21.6. The lowest BCUT2D eigenvalue weighted by molar-refractivity contribution is -0.443. The van der Waals surface area contributed by atoms with Crippen molar-refractivity contribution in [2.24, 2.45) is 11.1 Å². The Morgan fingerprint density at radius 2 is 2.06 bits per heavy atom. The number of rotatable bonds is 4. The number of allylic oxidation sites excluding steroid dienone is 2. The zero-order valence-electron chi connectivity index (χ0n) is 9.18. The molecule has 0 aliphatic heterocycles. The number of hydrogen-bond acceptors (Lipinski definition) is 5. The molecular weight excluding hydrogens is 250 g/mol. The molecule has 0 amide bonds. The Morgan fingerprint density at radius 1 is 1.47 bits per heavy atom. The predicted molar refractivity (Wildman–Crippen MR) is 61.3 cm³/mol. The Labute approximate surface area is 102 Å². The van der Waals surface area contributed by atoms with Gasteiger partial charge in [0.25, 0.3) is 11.4 Å². The minimum atomic E-state index is -0.704. The van der Waals surface area contributed by atoms with Crippen LogP contribution in [0.15, 0.2) is 23.2 Å². The Balaban J connectivity index is 3.26. The number of nitrogens with zero attached hydrogens (tertiary/aromatic N) is 2. The Kier molecular flexibility index (Phi) is 3.72. The monoisotopic (exact) mass is 261 g/mol. The molecule has 0 fully saturated rings. The van der Waals surface area contributed by atoms with Crippen LogP contribution in [-0.2, 0) is 0 Å². The minimum Gasteiger partial charge on any atom is -0.388 e.